The highest BCUT2D eigenvalue weighted by Gasteiger charge is 2.04. The van der Waals surface area contributed by atoms with Crippen LogP contribution in [0.1, 0.15) is 29.7 Å². The van der Waals surface area contributed by atoms with Crippen LogP contribution in [0.3, 0.4) is 0 Å². The van der Waals surface area contributed by atoms with Crippen LogP contribution in [0.25, 0.3) is 0 Å². The van der Waals surface area contributed by atoms with E-state index in [1.54, 1.807) is 12.1 Å². The van der Waals surface area contributed by atoms with Crippen LogP contribution < -0.4 is 10.5 Å². The number of hydrogen-bond donors (Lipinski definition) is 1. The van der Waals surface area contributed by atoms with Gasteiger partial charge in [0.2, 0.25) is 0 Å². The van der Waals surface area contributed by atoms with Gasteiger partial charge in [0.15, 0.2) is 0 Å². The molecule has 2 aromatic rings. The molecule has 96 valence electrons. The lowest BCUT2D eigenvalue weighted by molar-refractivity contribution is 0.478. The van der Waals surface area contributed by atoms with E-state index in [-0.39, 0.29) is 6.04 Å². The topological polar surface area (TPSA) is 59.0 Å². The summed E-state index contributed by atoms with van der Waals surface area (Å²) in [4.78, 5) is 0. The van der Waals surface area contributed by atoms with Crippen molar-refractivity contribution < 1.29 is 4.74 Å². The van der Waals surface area contributed by atoms with Crippen LogP contribution in [0.15, 0.2) is 42.5 Å². The summed E-state index contributed by atoms with van der Waals surface area (Å²) in [6.45, 7) is 3.89. The lowest BCUT2D eigenvalue weighted by Gasteiger charge is -2.10. The van der Waals surface area contributed by atoms with E-state index in [1.165, 1.54) is 0 Å². The van der Waals surface area contributed by atoms with Crippen molar-refractivity contribution in [1.82, 2.24) is 0 Å². The van der Waals surface area contributed by atoms with Crippen molar-refractivity contribution in [2.24, 2.45) is 5.73 Å². The monoisotopic (exact) mass is 252 g/mol. The highest BCUT2D eigenvalue weighted by atomic mass is 16.5. The number of nitriles is 1. The molecule has 0 aliphatic heterocycles. The standard InChI is InChI=1S/C16H16N2O/c1-11-3-4-13(10-17)9-16(11)19-15-7-5-14(6-8-15)12(2)18/h3-9,12H,18H2,1-2H3/t12-/m0/s1. The fourth-order valence-electron chi connectivity index (χ4n) is 1.75. The smallest absolute Gasteiger partial charge is 0.131 e. The fourth-order valence-corrected chi connectivity index (χ4v) is 1.75. The highest BCUT2D eigenvalue weighted by molar-refractivity contribution is 5.44. The van der Waals surface area contributed by atoms with Gasteiger partial charge in [0.25, 0.3) is 0 Å². The Morgan fingerprint density at radius 2 is 1.84 bits per heavy atom. The summed E-state index contributed by atoms with van der Waals surface area (Å²) in [6.07, 6.45) is 0. The molecule has 0 bridgehead atoms. The average Bonchev–Trinajstić information content (AvgIpc) is 2.42. The normalized spacial score (nSPS) is 11.7. The molecule has 0 heterocycles. The molecule has 0 aliphatic rings. The van der Waals surface area contributed by atoms with Gasteiger partial charge in [-0.1, -0.05) is 18.2 Å². The van der Waals surface area contributed by atoms with Crippen molar-refractivity contribution in [3.05, 3.63) is 59.2 Å². The summed E-state index contributed by atoms with van der Waals surface area (Å²) in [7, 11) is 0. The van der Waals surface area contributed by atoms with Gasteiger partial charge < -0.3 is 10.5 Å². The van der Waals surface area contributed by atoms with E-state index >= 15 is 0 Å². The van der Waals surface area contributed by atoms with Gasteiger partial charge in [0.05, 0.1) is 11.6 Å². The Bertz CT molecular complexity index is 610. The molecule has 19 heavy (non-hydrogen) atoms. The number of benzene rings is 2. The first-order valence-corrected chi connectivity index (χ1v) is 6.14. The maximum absolute atomic E-state index is 8.90. The van der Waals surface area contributed by atoms with E-state index < -0.39 is 0 Å². The van der Waals surface area contributed by atoms with Gasteiger partial charge in [-0.25, -0.2) is 0 Å². The molecule has 0 radical (unpaired) electrons. The number of nitrogens with two attached hydrogens (primary N) is 1. The predicted octanol–water partition coefficient (Wildman–Crippen LogP) is 3.68. The van der Waals surface area contributed by atoms with Crippen molar-refractivity contribution in [3.63, 3.8) is 0 Å². The van der Waals surface area contributed by atoms with E-state index in [4.69, 9.17) is 15.7 Å². The minimum absolute atomic E-state index is 0.0118. The van der Waals surface area contributed by atoms with Crippen LogP contribution in [0, 0.1) is 18.3 Å². The van der Waals surface area contributed by atoms with Gasteiger partial charge in [-0.15, -0.1) is 0 Å². The molecule has 0 saturated carbocycles. The molecule has 0 aliphatic carbocycles. The first kappa shape index (κ1) is 13.1. The molecule has 0 amide bonds. The number of hydrogen-bond acceptors (Lipinski definition) is 3. The van der Waals surface area contributed by atoms with Gasteiger partial charge in [-0.05, 0) is 49.2 Å². The zero-order valence-electron chi connectivity index (χ0n) is 11.1. The van der Waals surface area contributed by atoms with Gasteiger partial charge in [-0.3, -0.25) is 0 Å². The fraction of sp³-hybridized carbons (Fsp3) is 0.188. The number of aryl methyl sites for hydroxylation is 1. The van der Waals surface area contributed by atoms with Gasteiger partial charge in [-0.2, -0.15) is 5.26 Å². The second-order valence-electron chi connectivity index (χ2n) is 4.55. The molecule has 0 unspecified atom stereocenters. The van der Waals surface area contributed by atoms with Crippen molar-refractivity contribution in [3.8, 4) is 17.6 Å². The van der Waals surface area contributed by atoms with Crippen molar-refractivity contribution in [2.45, 2.75) is 19.9 Å². The molecular formula is C16H16N2O. The van der Waals surface area contributed by atoms with Crippen LogP contribution in [0.5, 0.6) is 11.5 Å². The Morgan fingerprint density at radius 1 is 1.16 bits per heavy atom. The van der Waals surface area contributed by atoms with Crippen LogP contribution in [0.4, 0.5) is 0 Å². The third kappa shape index (κ3) is 3.12. The van der Waals surface area contributed by atoms with Crippen molar-refractivity contribution in [2.75, 3.05) is 0 Å². The van der Waals surface area contributed by atoms with E-state index in [9.17, 15) is 0 Å². The molecule has 0 spiro atoms. The number of ether oxygens (including phenoxy) is 1. The van der Waals surface area contributed by atoms with E-state index in [0.29, 0.717) is 11.3 Å². The SMILES string of the molecule is Cc1ccc(C#N)cc1Oc1ccc([C@H](C)N)cc1. The first-order valence-electron chi connectivity index (χ1n) is 6.14. The first-order chi connectivity index (χ1) is 9.10. The molecule has 2 rings (SSSR count). The maximum Gasteiger partial charge on any atom is 0.131 e. The van der Waals surface area contributed by atoms with Gasteiger partial charge in [0.1, 0.15) is 11.5 Å². The molecule has 0 saturated heterocycles. The van der Waals surface area contributed by atoms with Gasteiger partial charge in [0, 0.05) is 6.04 Å². The lowest BCUT2D eigenvalue weighted by Crippen LogP contribution is -2.04. The summed E-state index contributed by atoms with van der Waals surface area (Å²) in [6, 6.07) is 15.2. The number of nitrogens with zero attached hydrogens (tertiary/aromatic N) is 1. The largest absolute Gasteiger partial charge is 0.457 e. The van der Waals surface area contributed by atoms with E-state index in [2.05, 4.69) is 6.07 Å². The summed E-state index contributed by atoms with van der Waals surface area (Å²) >= 11 is 0. The summed E-state index contributed by atoms with van der Waals surface area (Å²) < 4.78 is 5.79. The van der Waals surface area contributed by atoms with Crippen molar-refractivity contribution >= 4 is 0 Å². The Labute approximate surface area is 113 Å². The predicted molar refractivity (Wildman–Crippen MR) is 75.0 cm³/mol. The van der Waals surface area contributed by atoms with E-state index in [1.807, 2.05) is 44.2 Å². The molecule has 2 aromatic carbocycles. The minimum Gasteiger partial charge on any atom is -0.457 e. The van der Waals surface area contributed by atoms with Crippen molar-refractivity contribution in [1.29, 1.82) is 5.26 Å². The second-order valence-corrected chi connectivity index (χ2v) is 4.55. The number of rotatable bonds is 3. The van der Waals surface area contributed by atoms with Gasteiger partial charge >= 0.3 is 0 Å². The van der Waals surface area contributed by atoms with Crippen LogP contribution in [-0.2, 0) is 0 Å². The molecule has 1 atom stereocenters. The summed E-state index contributed by atoms with van der Waals surface area (Å²) in [5.41, 5.74) is 8.45. The van der Waals surface area contributed by atoms with Crippen LogP contribution in [0.2, 0.25) is 0 Å². The average molecular weight is 252 g/mol. The molecule has 2 N–H and O–H groups in total. The third-order valence-electron chi connectivity index (χ3n) is 2.95. The van der Waals surface area contributed by atoms with Crippen LogP contribution in [-0.4, -0.2) is 0 Å². The Morgan fingerprint density at radius 3 is 2.42 bits per heavy atom. The minimum atomic E-state index is 0.0118. The second kappa shape index (κ2) is 5.55. The lowest BCUT2D eigenvalue weighted by atomic mass is 10.1. The summed E-state index contributed by atoms with van der Waals surface area (Å²) in [5, 5.41) is 8.90. The van der Waals surface area contributed by atoms with E-state index in [0.717, 1.165) is 16.9 Å². The molecule has 0 fully saturated rings. The zero-order valence-corrected chi connectivity index (χ0v) is 11.1. The molecular weight excluding hydrogens is 236 g/mol. The van der Waals surface area contributed by atoms with Crippen LogP contribution >= 0.6 is 0 Å². The molecule has 0 aromatic heterocycles. The third-order valence-corrected chi connectivity index (χ3v) is 2.95. The Hall–Kier alpha value is -2.31. The Kier molecular flexibility index (Phi) is 3.84. The molecule has 3 nitrogen and oxygen atoms in total. The maximum atomic E-state index is 8.90. The molecule has 3 heteroatoms. The zero-order chi connectivity index (χ0) is 13.8. The quantitative estimate of drug-likeness (QED) is 0.906. The highest BCUT2D eigenvalue weighted by Crippen LogP contribution is 2.26. The summed E-state index contributed by atoms with van der Waals surface area (Å²) in [5.74, 6) is 1.44. The Balaban J connectivity index is 2.24.